The van der Waals surface area contributed by atoms with Crippen LogP contribution < -0.4 is 4.74 Å². The Morgan fingerprint density at radius 3 is 2.50 bits per heavy atom. The zero-order valence-corrected chi connectivity index (χ0v) is 17.1. The number of rotatable bonds is 5. The fourth-order valence-electron chi connectivity index (χ4n) is 2.40. The average Bonchev–Trinajstić information content (AvgIpc) is 2.53. The molecule has 8 heteroatoms. The van der Waals surface area contributed by atoms with Crippen LogP contribution in [-0.2, 0) is 37.5 Å². The minimum Gasteiger partial charge on any atom is -0.481 e. The van der Waals surface area contributed by atoms with Gasteiger partial charge in [0, 0.05) is 38.6 Å². The van der Waals surface area contributed by atoms with Gasteiger partial charge in [-0.15, -0.1) is 11.6 Å². The number of benzene rings is 1. The second kappa shape index (κ2) is 10.1. The van der Waals surface area contributed by atoms with Crippen LogP contribution in [0.3, 0.4) is 0 Å². The standard InChI is InChI=1S/C18H16F4NO2.Y/c1-3-4-7-25-12-8-13(19)17(14(20)9-12)15-6-5-11(2)18(24)23(15)10-16(21)22;/h8-9,11,16H,5,7,10H2,1-2H3;/q-1;. The van der Waals surface area contributed by atoms with Gasteiger partial charge in [-0.2, -0.15) is 0 Å². The molecular weight excluding hydrogens is 427 g/mol. The Balaban J connectivity index is 0.00000338. The average molecular weight is 443 g/mol. The Morgan fingerprint density at radius 1 is 1.35 bits per heavy atom. The van der Waals surface area contributed by atoms with E-state index in [9.17, 15) is 22.4 Å². The van der Waals surface area contributed by atoms with E-state index in [1.807, 2.05) is 0 Å². The molecule has 0 aliphatic carbocycles. The van der Waals surface area contributed by atoms with Gasteiger partial charge in [-0.05, 0) is 19.1 Å². The molecule has 2 rings (SSSR count). The van der Waals surface area contributed by atoms with Gasteiger partial charge in [-0.3, -0.25) is 4.79 Å². The summed E-state index contributed by atoms with van der Waals surface area (Å²) in [5.74, 6) is 1.82. The van der Waals surface area contributed by atoms with Crippen LogP contribution in [0.1, 0.15) is 25.8 Å². The molecule has 0 fully saturated rings. The maximum absolute atomic E-state index is 14.4. The minimum absolute atomic E-state index is 0. The van der Waals surface area contributed by atoms with E-state index in [0.29, 0.717) is 4.90 Å². The summed E-state index contributed by atoms with van der Waals surface area (Å²) in [6.07, 6.45) is -0.0763. The van der Waals surface area contributed by atoms with Crippen molar-refractivity contribution in [1.82, 2.24) is 4.90 Å². The van der Waals surface area contributed by atoms with E-state index < -0.39 is 42.0 Å². The minimum atomic E-state index is -2.84. The predicted molar refractivity (Wildman–Crippen MR) is 83.5 cm³/mol. The van der Waals surface area contributed by atoms with Crippen LogP contribution in [0.2, 0.25) is 0 Å². The normalized spacial score (nSPS) is 16.6. The van der Waals surface area contributed by atoms with Crippen LogP contribution in [0, 0.1) is 35.5 Å². The summed E-state index contributed by atoms with van der Waals surface area (Å²) in [5, 5.41) is 0. The molecule has 1 atom stereocenters. The molecule has 3 nitrogen and oxygen atoms in total. The van der Waals surface area contributed by atoms with Crippen molar-refractivity contribution in [2.75, 3.05) is 13.2 Å². The summed E-state index contributed by atoms with van der Waals surface area (Å²) < 4.78 is 59.5. The number of carbonyl (C=O) groups is 1. The molecule has 26 heavy (non-hydrogen) atoms. The molecule has 1 heterocycles. The summed E-state index contributed by atoms with van der Waals surface area (Å²) >= 11 is 0. The largest absolute Gasteiger partial charge is 0.481 e. The van der Waals surface area contributed by atoms with Gasteiger partial charge in [-0.1, -0.05) is 24.8 Å². The zero-order chi connectivity index (χ0) is 18.6. The second-order valence-corrected chi connectivity index (χ2v) is 5.45. The van der Waals surface area contributed by atoms with Gasteiger partial charge in [-0.25, -0.2) is 23.6 Å². The van der Waals surface area contributed by atoms with E-state index >= 15 is 0 Å². The monoisotopic (exact) mass is 443 g/mol. The van der Waals surface area contributed by atoms with Crippen molar-refractivity contribution >= 4 is 11.6 Å². The summed E-state index contributed by atoms with van der Waals surface area (Å²) in [6, 6.07) is 1.85. The van der Waals surface area contributed by atoms with E-state index in [0.717, 1.165) is 12.1 Å². The van der Waals surface area contributed by atoms with Crippen LogP contribution in [0.4, 0.5) is 17.6 Å². The van der Waals surface area contributed by atoms with Crippen LogP contribution >= 0.6 is 0 Å². The molecule has 1 aromatic rings. The number of carbonyl (C=O) groups excluding carboxylic acids is 1. The van der Waals surface area contributed by atoms with Crippen molar-refractivity contribution in [3.63, 3.8) is 0 Å². The maximum atomic E-state index is 14.4. The van der Waals surface area contributed by atoms with Gasteiger partial charge >= 0.3 is 0 Å². The Hall–Kier alpha value is -1.39. The second-order valence-electron chi connectivity index (χ2n) is 5.45. The smallest absolute Gasteiger partial charge is 0.256 e. The van der Waals surface area contributed by atoms with Gasteiger partial charge in [0.1, 0.15) is 12.4 Å². The van der Waals surface area contributed by atoms with Crippen LogP contribution in [0.5, 0.6) is 5.75 Å². The molecule has 0 bridgehead atoms. The van der Waals surface area contributed by atoms with Gasteiger partial charge in [0.05, 0.1) is 18.2 Å². The van der Waals surface area contributed by atoms with E-state index in [1.54, 1.807) is 13.8 Å². The number of hydrogen-bond acceptors (Lipinski definition) is 2. The van der Waals surface area contributed by atoms with Crippen LogP contribution in [0.15, 0.2) is 12.1 Å². The number of amides is 1. The summed E-state index contributed by atoms with van der Waals surface area (Å²) in [4.78, 5) is 12.8. The van der Waals surface area contributed by atoms with Crippen molar-refractivity contribution in [2.24, 2.45) is 5.92 Å². The molecule has 1 radical (unpaired) electrons. The number of ether oxygens (including phenoxy) is 1. The molecule has 137 valence electrons. The third-order valence-electron chi connectivity index (χ3n) is 3.59. The fourth-order valence-corrected chi connectivity index (χ4v) is 2.40. The summed E-state index contributed by atoms with van der Waals surface area (Å²) in [5.41, 5.74) is -0.881. The van der Waals surface area contributed by atoms with Crippen molar-refractivity contribution in [3.8, 4) is 17.6 Å². The molecule has 0 saturated heterocycles. The van der Waals surface area contributed by atoms with Gasteiger partial charge in [0.2, 0.25) is 5.91 Å². The number of alkyl halides is 2. The predicted octanol–water partition coefficient (Wildman–Crippen LogP) is 3.64. The summed E-state index contributed by atoms with van der Waals surface area (Å²) in [6.45, 7) is 2.14. The van der Waals surface area contributed by atoms with Crippen molar-refractivity contribution in [3.05, 3.63) is 35.4 Å². The number of nitrogens with zero attached hydrogens (tertiary/aromatic N) is 1. The van der Waals surface area contributed by atoms with E-state index in [2.05, 4.69) is 17.9 Å². The summed E-state index contributed by atoms with van der Waals surface area (Å²) in [7, 11) is 0. The Morgan fingerprint density at radius 2 is 1.96 bits per heavy atom. The Bertz CT molecular complexity index is 732. The van der Waals surface area contributed by atoms with Gasteiger partial charge < -0.3 is 9.64 Å². The van der Waals surface area contributed by atoms with Gasteiger partial charge in [0.25, 0.3) is 6.43 Å². The molecule has 1 aliphatic heterocycles. The van der Waals surface area contributed by atoms with Crippen LogP contribution in [-0.4, -0.2) is 30.4 Å². The fraction of sp³-hybridized carbons (Fsp3) is 0.389. The molecule has 1 amide bonds. The van der Waals surface area contributed by atoms with Crippen molar-refractivity contribution < 1.29 is 59.8 Å². The van der Waals surface area contributed by atoms with E-state index in [4.69, 9.17) is 4.74 Å². The third kappa shape index (κ3) is 5.31. The van der Waals surface area contributed by atoms with E-state index in [1.165, 1.54) is 0 Å². The molecule has 0 aromatic heterocycles. The quantitative estimate of drug-likeness (QED) is 0.395. The first-order chi connectivity index (χ1) is 11.8. The number of halogens is 4. The molecule has 0 N–H and O–H groups in total. The van der Waals surface area contributed by atoms with Crippen molar-refractivity contribution in [1.29, 1.82) is 0 Å². The SMILES string of the molecule is CC#CCOc1cc(F)c(C2=[C-]CC(C)C(=O)N2CC(F)F)c(F)c1.[Y]. The topological polar surface area (TPSA) is 29.5 Å². The third-order valence-corrected chi connectivity index (χ3v) is 3.59. The van der Waals surface area contributed by atoms with Crippen LogP contribution in [0.25, 0.3) is 5.70 Å². The molecular formula is C18H16F4NO2Y-. The Kier molecular flexibility index (Phi) is 8.78. The molecule has 0 saturated carbocycles. The molecule has 1 aliphatic rings. The van der Waals surface area contributed by atoms with Gasteiger partial charge in [0.15, 0.2) is 0 Å². The zero-order valence-electron chi connectivity index (χ0n) is 14.3. The number of hydrogen-bond donors (Lipinski definition) is 0. The van der Waals surface area contributed by atoms with E-state index in [-0.39, 0.29) is 57.2 Å². The molecule has 1 aromatic carbocycles. The molecule has 1 unspecified atom stereocenters. The number of allylic oxidation sites excluding steroid dienone is 1. The maximum Gasteiger partial charge on any atom is 0.256 e. The van der Waals surface area contributed by atoms with Crippen molar-refractivity contribution in [2.45, 2.75) is 26.7 Å². The first-order valence-corrected chi connectivity index (χ1v) is 7.57. The Labute approximate surface area is 174 Å². The molecule has 0 spiro atoms. The first kappa shape index (κ1) is 22.7. The first-order valence-electron chi connectivity index (χ1n) is 7.57.